The van der Waals surface area contributed by atoms with E-state index in [1.165, 1.54) is 6.33 Å². The van der Waals surface area contributed by atoms with E-state index in [-0.39, 0.29) is 12.0 Å². The third-order valence-electron chi connectivity index (χ3n) is 2.57. The predicted molar refractivity (Wildman–Crippen MR) is 60.3 cm³/mol. The van der Waals surface area contributed by atoms with Crippen molar-refractivity contribution in [3.05, 3.63) is 12.2 Å². The summed E-state index contributed by atoms with van der Waals surface area (Å²) in [7, 11) is 0. The fourth-order valence-corrected chi connectivity index (χ4v) is 1.67. The van der Waals surface area contributed by atoms with Gasteiger partial charge in [0.15, 0.2) is 0 Å². The summed E-state index contributed by atoms with van der Waals surface area (Å²) in [6, 6.07) is 0. The van der Waals surface area contributed by atoms with E-state index in [0.29, 0.717) is 19.7 Å². The number of carbonyl (C=O) groups excluding carboxylic acids is 1. The maximum atomic E-state index is 11.6. The van der Waals surface area contributed by atoms with E-state index in [0.717, 1.165) is 25.2 Å². The summed E-state index contributed by atoms with van der Waals surface area (Å²) in [6.45, 7) is 2.62. The van der Waals surface area contributed by atoms with Crippen LogP contribution in [0.15, 0.2) is 6.33 Å². The lowest BCUT2D eigenvalue weighted by Gasteiger charge is -2.22. The van der Waals surface area contributed by atoms with Crippen LogP contribution in [0, 0.1) is 0 Å². The molecule has 1 amide bonds. The Kier molecular flexibility index (Phi) is 4.45. The molecule has 2 rings (SSSR count). The van der Waals surface area contributed by atoms with Crippen molar-refractivity contribution in [3.8, 4) is 0 Å². The van der Waals surface area contributed by atoms with Gasteiger partial charge >= 0.3 is 0 Å². The molecule has 1 aliphatic heterocycles. The third-order valence-corrected chi connectivity index (χ3v) is 2.57. The summed E-state index contributed by atoms with van der Waals surface area (Å²) in [5.74, 6) is 0.796. The predicted octanol–water partition coefficient (Wildman–Crippen LogP) is -1.16. The normalized spacial score (nSPS) is 20.1. The Morgan fingerprint density at radius 3 is 3.29 bits per heavy atom. The Hall–Kier alpha value is -1.47. The highest BCUT2D eigenvalue weighted by atomic mass is 16.5. The Bertz CT molecular complexity index is 334. The van der Waals surface area contributed by atoms with Crippen molar-refractivity contribution in [2.24, 2.45) is 0 Å². The summed E-state index contributed by atoms with van der Waals surface area (Å²) in [6.07, 6.45) is 2.75. The molecule has 3 N–H and O–H groups in total. The van der Waals surface area contributed by atoms with Crippen LogP contribution >= 0.6 is 0 Å². The van der Waals surface area contributed by atoms with Gasteiger partial charge in [0.25, 0.3) is 0 Å². The third kappa shape index (κ3) is 3.79. The van der Waals surface area contributed by atoms with Gasteiger partial charge in [0.2, 0.25) is 5.91 Å². The minimum Gasteiger partial charge on any atom is -0.366 e. The average molecular weight is 239 g/mol. The average Bonchev–Trinajstić information content (AvgIpc) is 2.88. The van der Waals surface area contributed by atoms with Crippen LogP contribution in [-0.4, -0.2) is 53.4 Å². The van der Waals surface area contributed by atoms with Crippen LogP contribution in [0.2, 0.25) is 0 Å². The smallest absolute Gasteiger partial charge is 0.250 e. The number of aromatic amines is 1. The number of amides is 1. The van der Waals surface area contributed by atoms with E-state index in [1.54, 1.807) is 0 Å². The standard InChI is InChI=1S/C10H17N5O2/c16-10(8-6-11-4-5-17-8)12-3-1-2-9-13-7-14-15-9/h7-8,11H,1-6H2,(H,12,16)(H,13,14,15). The molecule has 1 aromatic heterocycles. The minimum absolute atomic E-state index is 0.0465. The molecule has 7 nitrogen and oxygen atoms in total. The van der Waals surface area contributed by atoms with Crippen molar-refractivity contribution < 1.29 is 9.53 Å². The fourth-order valence-electron chi connectivity index (χ4n) is 1.67. The lowest BCUT2D eigenvalue weighted by molar-refractivity contribution is -0.134. The van der Waals surface area contributed by atoms with Crippen LogP contribution in [0.25, 0.3) is 0 Å². The van der Waals surface area contributed by atoms with Gasteiger partial charge in [-0.25, -0.2) is 4.98 Å². The van der Waals surface area contributed by atoms with Crippen LogP contribution < -0.4 is 10.6 Å². The molecule has 0 aromatic carbocycles. The number of morpholine rings is 1. The molecular formula is C10H17N5O2. The zero-order valence-corrected chi connectivity index (χ0v) is 9.61. The summed E-state index contributed by atoms with van der Waals surface area (Å²) >= 11 is 0. The number of H-pyrrole nitrogens is 1. The molecule has 0 aliphatic carbocycles. The second-order valence-corrected chi connectivity index (χ2v) is 3.89. The summed E-state index contributed by atoms with van der Waals surface area (Å²) in [5, 5.41) is 12.5. The maximum Gasteiger partial charge on any atom is 0.250 e. The summed E-state index contributed by atoms with van der Waals surface area (Å²) in [4.78, 5) is 15.7. The summed E-state index contributed by atoms with van der Waals surface area (Å²) in [5.41, 5.74) is 0. The van der Waals surface area contributed by atoms with Gasteiger partial charge in [-0.2, -0.15) is 5.10 Å². The fraction of sp³-hybridized carbons (Fsp3) is 0.700. The number of nitrogens with zero attached hydrogens (tertiary/aromatic N) is 2. The second kappa shape index (κ2) is 6.31. The second-order valence-electron chi connectivity index (χ2n) is 3.89. The monoisotopic (exact) mass is 239 g/mol. The van der Waals surface area contributed by atoms with Gasteiger partial charge in [-0.15, -0.1) is 0 Å². The lowest BCUT2D eigenvalue weighted by Crippen LogP contribution is -2.48. The van der Waals surface area contributed by atoms with Crippen LogP contribution in [0.4, 0.5) is 0 Å². The van der Waals surface area contributed by atoms with E-state index >= 15 is 0 Å². The number of rotatable bonds is 5. The number of hydrogen-bond donors (Lipinski definition) is 3. The maximum absolute atomic E-state index is 11.6. The number of carbonyl (C=O) groups is 1. The lowest BCUT2D eigenvalue weighted by atomic mass is 10.2. The van der Waals surface area contributed by atoms with Gasteiger partial charge in [0.05, 0.1) is 6.61 Å². The highest BCUT2D eigenvalue weighted by Crippen LogP contribution is 1.96. The minimum atomic E-state index is -0.353. The molecule has 2 heterocycles. The molecule has 1 saturated heterocycles. The number of aryl methyl sites for hydroxylation is 1. The van der Waals surface area contributed by atoms with E-state index in [1.807, 2.05) is 0 Å². The topological polar surface area (TPSA) is 91.9 Å². The molecule has 94 valence electrons. The van der Waals surface area contributed by atoms with Gasteiger partial charge in [-0.3, -0.25) is 9.89 Å². The van der Waals surface area contributed by atoms with Crippen LogP contribution in [0.1, 0.15) is 12.2 Å². The molecule has 1 fully saturated rings. The van der Waals surface area contributed by atoms with E-state index < -0.39 is 0 Å². The zero-order valence-electron chi connectivity index (χ0n) is 9.61. The number of ether oxygens (including phenoxy) is 1. The first-order chi connectivity index (χ1) is 8.36. The molecule has 0 bridgehead atoms. The van der Waals surface area contributed by atoms with Crippen molar-refractivity contribution in [1.82, 2.24) is 25.8 Å². The molecule has 1 atom stereocenters. The molecule has 0 radical (unpaired) electrons. The summed E-state index contributed by atoms with van der Waals surface area (Å²) < 4.78 is 5.34. The highest BCUT2D eigenvalue weighted by molar-refractivity contribution is 5.81. The SMILES string of the molecule is O=C(NCCCc1ncn[nH]1)C1CNCCO1. The molecule has 1 aliphatic rings. The molecule has 1 unspecified atom stereocenters. The van der Waals surface area contributed by atoms with E-state index in [2.05, 4.69) is 25.8 Å². The quantitative estimate of drug-likeness (QED) is 0.564. The Morgan fingerprint density at radius 1 is 1.65 bits per heavy atom. The van der Waals surface area contributed by atoms with Crippen LogP contribution in [-0.2, 0) is 16.0 Å². The largest absolute Gasteiger partial charge is 0.366 e. The van der Waals surface area contributed by atoms with Crippen molar-refractivity contribution in [2.75, 3.05) is 26.2 Å². The first-order valence-corrected chi connectivity index (χ1v) is 5.80. The van der Waals surface area contributed by atoms with Gasteiger partial charge < -0.3 is 15.4 Å². The van der Waals surface area contributed by atoms with E-state index in [9.17, 15) is 4.79 Å². The van der Waals surface area contributed by atoms with Gasteiger partial charge in [0, 0.05) is 26.1 Å². The molecule has 1 aromatic rings. The zero-order chi connectivity index (χ0) is 11.9. The van der Waals surface area contributed by atoms with Crippen molar-refractivity contribution in [1.29, 1.82) is 0 Å². The van der Waals surface area contributed by atoms with Crippen LogP contribution in [0.5, 0.6) is 0 Å². The molecule has 7 heteroatoms. The molecule has 0 saturated carbocycles. The van der Waals surface area contributed by atoms with Crippen molar-refractivity contribution in [3.63, 3.8) is 0 Å². The van der Waals surface area contributed by atoms with Gasteiger partial charge in [-0.05, 0) is 6.42 Å². The Labute approximate surface area is 99.3 Å². The number of hydrogen-bond acceptors (Lipinski definition) is 5. The van der Waals surface area contributed by atoms with Crippen molar-refractivity contribution in [2.45, 2.75) is 18.9 Å². The number of nitrogens with one attached hydrogen (secondary N) is 3. The van der Waals surface area contributed by atoms with E-state index in [4.69, 9.17) is 4.74 Å². The molecule has 17 heavy (non-hydrogen) atoms. The molecular weight excluding hydrogens is 222 g/mol. The molecule has 0 spiro atoms. The Balaban J connectivity index is 1.59. The van der Waals surface area contributed by atoms with Gasteiger partial charge in [-0.1, -0.05) is 0 Å². The first kappa shape index (κ1) is 12.0. The van der Waals surface area contributed by atoms with Crippen molar-refractivity contribution >= 4 is 5.91 Å². The van der Waals surface area contributed by atoms with Gasteiger partial charge in [0.1, 0.15) is 18.3 Å². The first-order valence-electron chi connectivity index (χ1n) is 5.80. The van der Waals surface area contributed by atoms with Crippen LogP contribution in [0.3, 0.4) is 0 Å². The Morgan fingerprint density at radius 2 is 2.59 bits per heavy atom. The highest BCUT2D eigenvalue weighted by Gasteiger charge is 2.20. The number of aromatic nitrogens is 3.